The zero-order valence-electron chi connectivity index (χ0n) is 4.49. The van der Waals surface area contributed by atoms with Crippen molar-refractivity contribution in [1.29, 1.82) is 0 Å². The standard InChI is InChI=1S/C3H6N2O3S/c4-2-1-9(7,8)5-3(2)6/h2H,1,4H2,(H,5,6). The number of nitrogens with one attached hydrogen (secondary N) is 1. The van der Waals surface area contributed by atoms with Crippen LogP contribution in [0.15, 0.2) is 0 Å². The van der Waals surface area contributed by atoms with Crippen molar-refractivity contribution in [2.24, 2.45) is 5.73 Å². The predicted molar refractivity (Wildman–Crippen MR) is 29.9 cm³/mol. The van der Waals surface area contributed by atoms with Crippen LogP contribution in [0.3, 0.4) is 0 Å². The monoisotopic (exact) mass is 150 g/mol. The summed E-state index contributed by atoms with van der Waals surface area (Å²) in [5.74, 6) is -0.902. The second kappa shape index (κ2) is 1.68. The van der Waals surface area contributed by atoms with Gasteiger partial charge < -0.3 is 5.73 Å². The molecule has 1 aliphatic heterocycles. The zero-order valence-corrected chi connectivity index (χ0v) is 5.31. The normalized spacial score (nSPS) is 32.1. The van der Waals surface area contributed by atoms with Crippen LogP contribution in [0, 0.1) is 0 Å². The number of hydrogen-bond acceptors (Lipinski definition) is 4. The Morgan fingerprint density at radius 1 is 1.67 bits per heavy atom. The Kier molecular flexibility index (Phi) is 1.21. The van der Waals surface area contributed by atoms with E-state index in [-0.39, 0.29) is 5.75 Å². The molecular weight excluding hydrogens is 144 g/mol. The third kappa shape index (κ3) is 1.19. The number of amides is 1. The van der Waals surface area contributed by atoms with E-state index in [2.05, 4.69) is 0 Å². The Hall–Kier alpha value is -0.620. The highest BCUT2D eigenvalue weighted by Crippen LogP contribution is 1.97. The second-order valence-electron chi connectivity index (χ2n) is 1.85. The number of hydrogen-bond donors (Lipinski definition) is 2. The molecule has 0 aromatic rings. The van der Waals surface area contributed by atoms with Crippen molar-refractivity contribution in [2.45, 2.75) is 6.04 Å². The van der Waals surface area contributed by atoms with Gasteiger partial charge in [-0.15, -0.1) is 0 Å². The van der Waals surface area contributed by atoms with Gasteiger partial charge in [-0.3, -0.25) is 9.52 Å². The summed E-state index contributed by atoms with van der Waals surface area (Å²) in [5.41, 5.74) is 5.06. The maximum atomic E-state index is 10.4. The van der Waals surface area contributed by atoms with Gasteiger partial charge in [0, 0.05) is 0 Å². The molecule has 0 bridgehead atoms. The van der Waals surface area contributed by atoms with Crippen LogP contribution in [0.25, 0.3) is 0 Å². The minimum absolute atomic E-state index is 0.286. The fraction of sp³-hybridized carbons (Fsp3) is 0.667. The highest BCUT2D eigenvalue weighted by molar-refractivity contribution is 7.90. The Morgan fingerprint density at radius 2 is 2.22 bits per heavy atom. The van der Waals surface area contributed by atoms with Gasteiger partial charge >= 0.3 is 0 Å². The summed E-state index contributed by atoms with van der Waals surface area (Å²) in [7, 11) is -3.37. The second-order valence-corrected chi connectivity index (χ2v) is 3.62. The lowest BCUT2D eigenvalue weighted by molar-refractivity contribution is -0.119. The number of sulfonamides is 1. The van der Waals surface area contributed by atoms with Crippen molar-refractivity contribution >= 4 is 15.9 Å². The van der Waals surface area contributed by atoms with Crippen LogP contribution in [0.1, 0.15) is 0 Å². The quantitative estimate of drug-likeness (QED) is 0.409. The number of carbonyl (C=O) groups excluding carboxylic acids is 1. The summed E-state index contributed by atoms with van der Waals surface area (Å²) in [5, 5.41) is 0. The van der Waals surface area contributed by atoms with Crippen LogP contribution in [0.2, 0.25) is 0 Å². The van der Waals surface area contributed by atoms with E-state index >= 15 is 0 Å². The summed E-state index contributed by atoms with van der Waals surface area (Å²) < 4.78 is 22.6. The molecule has 1 atom stereocenters. The molecule has 1 amide bonds. The molecule has 1 rings (SSSR count). The van der Waals surface area contributed by atoms with Gasteiger partial charge in [0.05, 0.1) is 5.75 Å². The lowest BCUT2D eigenvalue weighted by atomic mass is 10.4. The third-order valence-corrected chi connectivity index (χ3v) is 2.30. The van der Waals surface area contributed by atoms with Gasteiger partial charge in [0.2, 0.25) is 10.0 Å². The molecule has 52 valence electrons. The average Bonchev–Trinajstić information content (AvgIpc) is 1.79. The number of nitrogens with two attached hydrogens (primary N) is 1. The van der Waals surface area contributed by atoms with Gasteiger partial charge in [-0.1, -0.05) is 0 Å². The molecule has 0 radical (unpaired) electrons. The van der Waals surface area contributed by atoms with Crippen molar-refractivity contribution in [3.05, 3.63) is 0 Å². The lowest BCUT2D eigenvalue weighted by Crippen LogP contribution is -2.31. The van der Waals surface area contributed by atoms with Crippen LogP contribution in [0.4, 0.5) is 0 Å². The Morgan fingerprint density at radius 3 is 2.33 bits per heavy atom. The van der Waals surface area contributed by atoms with Crippen molar-refractivity contribution < 1.29 is 13.2 Å². The average molecular weight is 150 g/mol. The van der Waals surface area contributed by atoms with Crippen molar-refractivity contribution in [3.63, 3.8) is 0 Å². The van der Waals surface area contributed by atoms with Crippen LogP contribution >= 0.6 is 0 Å². The molecule has 0 aromatic carbocycles. The molecule has 9 heavy (non-hydrogen) atoms. The molecule has 1 aliphatic rings. The molecule has 3 N–H and O–H groups in total. The van der Waals surface area contributed by atoms with Crippen LogP contribution in [-0.4, -0.2) is 26.1 Å². The van der Waals surface area contributed by atoms with Crippen molar-refractivity contribution in [1.82, 2.24) is 4.72 Å². The molecule has 1 heterocycles. The van der Waals surface area contributed by atoms with Gasteiger partial charge in [0.15, 0.2) is 0 Å². The third-order valence-electron chi connectivity index (χ3n) is 0.992. The molecule has 1 fully saturated rings. The first-order valence-electron chi connectivity index (χ1n) is 2.31. The minimum atomic E-state index is -3.37. The highest BCUT2D eigenvalue weighted by Gasteiger charge is 2.31. The van der Waals surface area contributed by atoms with Gasteiger partial charge in [-0.25, -0.2) is 8.42 Å². The maximum absolute atomic E-state index is 10.4. The highest BCUT2D eigenvalue weighted by atomic mass is 32.2. The van der Waals surface area contributed by atoms with E-state index in [1.807, 2.05) is 0 Å². The fourth-order valence-corrected chi connectivity index (χ4v) is 1.75. The molecule has 0 aromatic heterocycles. The van der Waals surface area contributed by atoms with Gasteiger partial charge in [0.25, 0.3) is 5.91 Å². The number of carbonyl (C=O) groups is 1. The molecule has 1 unspecified atom stereocenters. The molecule has 0 spiro atoms. The first-order chi connectivity index (χ1) is 4.01. The number of rotatable bonds is 0. The molecular formula is C3H6N2O3S. The lowest BCUT2D eigenvalue weighted by Gasteiger charge is -1.88. The SMILES string of the molecule is NC1CS(=O)(=O)NC1=O. The first kappa shape index (κ1) is 6.50. The van der Waals surface area contributed by atoms with E-state index in [1.54, 1.807) is 4.72 Å². The minimum Gasteiger partial charge on any atom is -0.319 e. The van der Waals surface area contributed by atoms with E-state index in [9.17, 15) is 13.2 Å². The van der Waals surface area contributed by atoms with Crippen LogP contribution in [-0.2, 0) is 14.8 Å². The zero-order chi connectivity index (χ0) is 7.07. The Balaban J connectivity index is 2.90. The van der Waals surface area contributed by atoms with Gasteiger partial charge in [-0.05, 0) is 0 Å². The van der Waals surface area contributed by atoms with Crippen LogP contribution in [0.5, 0.6) is 0 Å². The van der Waals surface area contributed by atoms with Crippen LogP contribution < -0.4 is 10.5 Å². The predicted octanol–water partition coefficient (Wildman–Crippen LogP) is -2.23. The van der Waals surface area contributed by atoms with Gasteiger partial charge in [-0.2, -0.15) is 0 Å². The first-order valence-corrected chi connectivity index (χ1v) is 3.96. The largest absolute Gasteiger partial charge is 0.319 e. The van der Waals surface area contributed by atoms with Crippen molar-refractivity contribution in [2.75, 3.05) is 5.75 Å². The van der Waals surface area contributed by atoms with E-state index in [0.717, 1.165) is 0 Å². The topological polar surface area (TPSA) is 89.3 Å². The Bertz CT molecular complexity index is 231. The summed E-state index contributed by atoms with van der Waals surface area (Å²) >= 11 is 0. The summed E-state index contributed by atoms with van der Waals surface area (Å²) in [6.07, 6.45) is 0. The Labute approximate surface area is 52.3 Å². The summed E-state index contributed by atoms with van der Waals surface area (Å²) in [4.78, 5) is 10.4. The van der Waals surface area contributed by atoms with E-state index in [0.29, 0.717) is 0 Å². The molecule has 0 aliphatic carbocycles. The molecule has 0 saturated carbocycles. The molecule has 1 saturated heterocycles. The summed E-state index contributed by atoms with van der Waals surface area (Å²) in [6.45, 7) is 0. The van der Waals surface area contributed by atoms with E-state index < -0.39 is 22.0 Å². The van der Waals surface area contributed by atoms with Crippen molar-refractivity contribution in [3.8, 4) is 0 Å². The molecule has 5 nitrogen and oxygen atoms in total. The fourth-order valence-electron chi connectivity index (χ4n) is 0.583. The smallest absolute Gasteiger partial charge is 0.251 e. The van der Waals surface area contributed by atoms with Gasteiger partial charge in [0.1, 0.15) is 6.04 Å². The van der Waals surface area contributed by atoms with E-state index in [1.165, 1.54) is 0 Å². The van der Waals surface area contributed by atoms with E-state index in [4.69, 9.17) is 5.73 Å². The summed E-state index contributed by atoms with van der Waals surface area (Å²) in [6, 6.07) is -0.880. The maximum Gasteiger partial charge on any atom is 0.251 e. The molecule has 6 heteroatoms.